The number of imide groups is 1. The van der Waals surface area contributed by atoms with E-state index >= 15 is 0 Å². The van der Waals surface area contributed by atoms with E-state index in [1.54, 1.807) is 7.05 Å². The van der Waals surface area contributed by atoms with Gasteiger partial charge in [0.15, 0.2) is 5.96 Å². The smallest absolute Gasteiger partial charge is 0.233 e. The molecule has 2 N–H and O–H groups in total. The van der Waals surface area contributed by atoms with Crippen LogP contribution in [0.3, 0.4) is 0 Å². The van der Waals surface area contributed by atoms with Crippen molar-refractivity contribution in [2.45, 2.75) is 13.3 Å². The van der Waals surface area contributed by atoms with E-state index in [4.69, 9.17) is 4.74 Å². The summed E-state index contributed by atoms with van der Waals surface area (Å²) in [6.45, 7) is 3.97. The number of hydrogen-bond acceptors (Lipinski definition) is 4. The fourth-order valence-electron chi connectivity index (χ4n) is 4.66. The quantitative estimate of drug-likeness (QED) is 0.239. The predicted molar refractivity (Wildman–Crippen MR) is 110 cm³/mol. The first kappa shape index (κ1) is 19.5. The molecule has 1 aromatic rings. The van der Waals surface area contributed by atoms with Gasteiger partial charge in [-0.05, 0) is 37.3 Å². The Kier molecular flexibility index (Phi) is 5.56. The van der Waals surface area contributed by atoms with Gasteiger partial charge >= 0.3 is 0 Å². The molecular formula is C22H28N4O3. The standard InChI is InChI=1S/C22H28N4O3/c1-14-3-7-17(8-4-14)29-12-10-25-22(23-2)24-9-11-26-20(27)18-15-5-6-16(13-15)19(18)21(26)28/h3-8,15-16,18-19H,9-13H2,1-2H3,(H2,23,24,25). The van der Waals surface area contributed by atoms with Crippen LogP contribution in [0.15, 0.2) is 41.4 Å². The van der Waals surface area contributed by atoms with E-state index in [0.717, 1.165) is 12.2 Å². The van der Waals surface area contributed by atoms with Crippen molar-refractivity contribution < 1.29 is 14.3 Å². The highest BCUT2D eigenvalue weighted by Crippen LogP contribution is 2.52. The van der Waals surface area contributed by atoms with Crippen LogP contribution in [0.25, 0.3) is 0 Å². The molecule has 4 unspecified atom stereocenters. The van der Waals surface area contributed by atoms with Crippen LogP contribution in [-0.4, -0.2) is 56.0 Å². The summed E-state index contributed by atoms with van der Waals surface area (Å²) in [6, 6.07) is 7.92. The van der Waals surface area contributed by atoms with Gasteiger partial charge in [-0.3, -0.25) is 19.5 Å². The molecule has 7 heteroatoms. The summed E-state index contributed by atoms with van der Waals surface area (Å²) in [5, 5.41) is 6.35. The fourth-order valence-corrected chi connectivity index (χ4v) is 4.66. The Balaban J connectivity index is 1.18. The van der Waals surface area contributed by atoms with Gasteiger partial charge in [0.1, 0.15) is 12.4 Å². The molecule has 4 rings (SSSR count). The van der Waals surface area contributed by atoms with Crippen LogP contribution in [0.1, 0.15) is 12.0 Å². The largest absolute Gasteiger partial charge is 0.492 e. The van der Waals surface area contributed by atoms with Gasteiger partial charge < -0.3 is 15.4 Å². The number of allylic oxidation sites excluding steroid dienone is 2. The summed E-state index contributed by atoms with van der Waals surface area (Å²) in [4.78, 5) is 31.0. The number of amides is 2. The second kappa shape index (κ2) is 8.27. The topological polar surface area (TPSA) is 83.0 Å². The lowest BCUT2D eigenvalue weighted by atomic mass is 9.85. The minimum absolute atomic E-state index is 0.00639. The molecule has 1 heterocycles. The van der Waals surface area contributed by atoms with Crippen LogP contribution in [0, 0.1) is 30.6 Å². The summed E-state index contributed by atoms with van der Waals surface area (Å²) in [6.07, 6.45) is 5.19. The maximum atomic E-state index is 12.7. The molecule has 1 saturated carbocycles. The highest BCUT2D eigenvalue weighted by Gasteiger charge is 2.58. The van der Waals surface area contributed by atoms with Gasteiger partial charge in [-0.1, -0.05) is 29.8 Å². The highest BCUT2D eigenvalue weighted by molar-refractivity contribution is 6.06. The van der Waals surface area contributed by atoms with Crippen molar-refractivity contribution in [3.8, 4) is 5.75 Å². The first-order valence-electron chi connectivity index (χ1n) is 10.3. The summed E-state index contributed by atoms with van der Waals surface area (Å²) in [5.41, 5.74) is 1.20. The molecule has 29 heavy (non-hydrogen) atoms. The monoisotopic (exact) mass is 396 g/mol. The van der Waals surface area contributed by atoms with Crippen molar-refractivity contribution in [3.63, 3.8) is 0 Å². The Morgan fingerprint density at radius 1 is 1.07 bits per heavy atom. The predicted octanol–water partition coefficient (Wildman–Crippen LogP) is 1.35. The van der Waals surface area contributed by atoms with E-state index in [-0.39, 0.29) is 35.5 Å². The van der Waals surface area contributed by atoms with Gasteiger partial charge in [0.25, 0.3) is 0 Å². The maximum absolute atomic E-state index is 12.7. The van der Waals surface area contributed by atoms with Crippen molar-refractivity contribution in [1.29, 1.82) is 0 Å². The van der Waals surface area contributed by atoms with Crippen molar-refractivity contribution in [3.05, 3.63) is 42.0 Å². The number of nitrogens with one attached hydrogen (secondary N) is 2. The van der Waals surface area contributed by atoms with Crippen LogP contribution in [0.5, 0.6) is 5.75 Å². The third kappa shape index (κ3) is 3.86. The highest BCUT2D eigenvalue weighted by atomic mass is 16.5. The van der Waals surface area contributed by atoms with Gasteiger partial charge in [-0.25, -0.2) is 0 Å². The molecule has 0 radical (unpaired) electrons. The van der Waals surface area contributed by atoms with Gasteiger partial charge in [-0.2, -0.15) is 0 Å². The third-order valence-electron chi connectivity index (χ3n) is 6.10. The minimum Gasteiger partial charge on any atom is -0.492 e. The number of benzene rings is 1. The van der Waals surface area contributed by atoms with Gasteiger partial charge in [0.05, 0.1) is 18.4 Å². The normalized spacial score (nSPS) is 27.5. The molecule has 0 aromatic heterocycles. The summed E-state index contributed by atoms with van der Waals surface area (Å²) in [7, 11) is 1.69. The van der Waals surface area contributed by atoms with E-state index in [2.05, 4.69) is 27.8 Å². The zero-order valence-electron chi connectivity index (χ0n) is 16.9. The van der Waals surface area contributed by atoms with Crippen molar-refractivity contribution in [2.75, 3.05) is 33.3 Å². The number of carbonyl (C=O) groups excluding carboxylic acids is 2. The minimum atomic E-state index is -0.131. The maximum Gasteiger partial charge on any atom is 0.233 e. The van der Waals surface area contributed by atoms with Crippen LogP contribution >= 0.6 is 0 Å². The molecule has 1 aromatic carbocycles. The summed E-state index contributed by atoms with van der Waals surface area (Å²) < 4.78 is 5.69. The summed E-state index contributed by atoms with van der Waals surface area (Å²) in [5.74, 6) is 1.69. The Morgan fingerprint density at radius 2 is 1.69 bits per heavy atom. The summed E-state index contributed by atoms with van der Waals surface area (Å²) >= 11 is 0. The molecule has 3 aliphatic rings. The molecule has 1 aliphatic heterocycles. The molecule has 2 fully saturated rings. The number of ether oxygens (including phenoxy) is 1. The first-order valence-corrected chi connectivity index (χ1v) is 10.3. The molecular weight excluding hydrogens is 368 g/mol. The number of aryl methyl sites for hydroxylation is 1. The van der Waals surface area contributed by atoms with Crippen LogP contribution < -0.4 is 15.4 Å². The molecule has 1 saturated heterocycles. The average Bonchev–Trinajstić information content (AvgIpc) is 3.40. The number of nitrogens with zero attached hydrogens (tertiary/aromatic N) is 2. The molecule has 2 amide bonds. The zero-order valence-corrected chi connectivity index (χ0v) is 16.9. The van der Waals surface area contributed by atoms with Crippen LogP contribution in [-0.2, 0) is 9.59 Å². The number of likely N-dealkylation sites (tertiary alicyclic amines) is 1. The lowest BCUT2D eigenvalue weighted by Gasteiger charge is -2.18. The Morgan fingerprint density at radius 3 is 2.31 bits per heavy atom. The third-order valence-corrected chi connectivity index (χ3v) is 6.10. The molecule has 154 valence electrons. The van der Waals surface area contributed by atoms with Crippen molar-refractivity contribution in [2.24, 2.45) is 28.7 Å². The first-order chi connectivity index (χ1) is 14.1. The van der Waals surface area contributed by atoms with Crippen molar-refractivity contribution in [1.82, 2.24) is 15.5 Å². The second-order valence-corrected chi connectivity index (χ2v) is 7.92. The zero-order chi connectivity index (χ0) is 20.4. The van der Waals surface area contributed by atoms with E-state index in [1.807, 2.05) is 31.2 Å². The van der Waals surface area contributed by atoms with Crippen molar-refractivity contribution >= 4 is 17.8 Å². The van der Waals surface area contributed by atoms with Gasteiger partial charge in [0, 0.05) is 20.1 Å². The number of guanidine groups is 1. The average molecular weight is 396 g/mol. The van der Waals surface area contributed by atoms with E-state index in [0.29, 0.717) is 32.2 Å². The number of rotatable bonds is 7. The molecule has 7 nitrogen and oxygen atoms in total. The van der Waals surface area contributed by atoms with Crippen LogP contribution in [0.2, 0.25) is 0 Å². The van der Waals surface area contributed by atoms with E-state index in [9.17, 15) is 9.59 Å². The van der Waals surface area contributed by atoms with Crippen LogP contribution in [0.4, 0.5) is 0 Å². The Labute approximate surface area is 171 Å². The van der Waals surface area contributed by atoms with E-state index in [1.165, 1.54) is 10.5 Å². The Bertz CT molecular complexity index is 803. The number of aliphatic imine (C=N–C) groups is 1. The number of hydrogen-bond donors (Lipinski definition) is 2. The molecule has 2 aliphatic carbocycles. The lowest BCUT2D eigenvalue weighted by Crippen LogP contribution is -2.44. The SMILES string of the molecule is CN=C(NCCOc1ccc(C)cc1)NCCN1C(=O)C2C3C=CC(C3)C2C1=O. The molecule has 2 bridgehead atoms. The van der Waals surface area contributed by atoms with Gasteiger partial charge in [-0.15, -0.1) is 0 Å². The number of fused-ring (bicyclic) bond motifs is 5. The Hall–Kier alpha value is -2.83. The second-order valence-electron chi connectivity index (χ2n) is 7.92. The number of carbonyl (C=O) groups is 2. The molecule has 0 spiro atoms. The molecule has 4 atom stereocenters. The lowest BCUT2D eigenvalue weighted by molar-refractivity contribution is -0.140. The van der Waals surface area contributed by atoms with Gasteiger partial charge in [0.2, 0.25) is 11.8 Å². The fraction of sp³-hybridized carbons (Fsp3) is 0.500. The van der Waals surface area contributed by atoms with E-state index < -0.39 is 0 Å².